The van der Waals surface area contributed by atoms with Gasteiger partial charge in [-0.3, -0.25) is 0 Å². The molecule has 1 fully saturated rings. The summed E-state index contributed by atoms with van der Waals surface area (Å²) in [5.74, 6) is 1.08. The van der Waals surface area contributed by atoms with Gasteiger partial charge in [0, 0.05) is 12.1 Å². The molecule has 0 aromatic heterocycles. The molecule has 1 aliphatic rings. The van der Waals surface area contributed by atoms with Crippen LogP contribution in [0.5, 0.6) is 5.75 Å². The van der Waals surface area contributed by atoms with E-state index < -0.39 is 6.17 Å². The summed E-state index contributed by atoms with van der Waals surface area (Å²) in [6.45, 7) is 3.59. The first kappa shape index (κ1) is 12.4. The molecule has 2 rings (SSSR count). The third kappa shape index (κ3) is 2.60. The van der Waals surface area contributed by atoms with Crippen molar-refractivity contribution >= 4 is 0 Å². The van der Waals surface area contributed by atoms with Crippen molar-refractivity contribution in [2.45, 2.75) is 31.9 Å². The Morgan fingerprint density at radius 3 is 2.88 bits per heavy atom. The number of methoxy groups -OCH3 is 1. The van der Waals surface area contributed by atoms with E-state index >= 15 is 0 Å². The molecule has 2 nitrogen and oxygen atoms in total. The molecule has 94 valence electrons. The molecule has 2 atom stereocenters. The van der Waals surface area contributed by atoms with Crippen molar-refractivity contribution in [2.75, 3.05) is 20.2 Å². The fraction of sp³-hybridized carbons (Fsp3) is 0.571. The molecule has 0 aliphatic carbocycles. The number of ether oxygens (including phenoxy) is 1. The molecule has 1 aromatic carbocycles. The van der Waals surface area contributed by atoms with E-state index in [9.17, 15) is 4.39 Å². The van der Waals surface area contributed by atoms with Crippen LogP contribution in [0.4, 0.5) is 4.39 Å². The fourth-order valence-corrected chi connectivity index (χ4v) is 2.64. The molecule has 3 heteroatoms. The van der Waals surface area contributed by atoms with Crippen LogP contribution in [0.2, 0.25) is 0 Å². The van der Waals surface area contributed by atoms with Crippen LogP contribution in [0, 0.1) is 0 Å². The Morgan fingerprint density at radius 2 is 2.29 bits per heavy atom. The van der Waals surface area contributed by atoms with E-state index in [1.807, 2.05) is 18.2 Å². The van der Waals surface area contributed by atoms with Crippen molar-refractivity contribution < 1.29 is 9.13 Å². The molecule has 0 spiro atoms. The Morgan fingerprint density at radius 1 is 1.47 bits per heavy atom. The normalized spacial score (nSPS) is 22.2. The first-order valence-corrected chi connectivity index (χ1v) is 6.25. The fourth-order valence-electron chi connectivity index (χ4n) is 2.64. The molecule has 1 N–H and O–H groups in total. The third-order valence-electron chi connectivity index (χ3n) is 3.45. The Kier molecular flexibility index (Phi) is 4.00. The number of hydrogen-bond acceptors (Lipinski definition) is 2. The lowest BCUT2D eigenvalue weighted by molar-refractivity contribution is 0.339. The number of benzene rings is 1. The largest absolute Gasteiger partial charge is 0.496 e. The van der Waals surface area contributed by atoms with Gasteiger partial charge in [0.2, 0.25) is 0 Å². The molecule has 0 bridgehead atoms. The standard InChI is InChI=1S/C14H20FNO/c1-10(15)14-12(6-3-7-13(14)17-2)11-5-4-8-16-9-11/h3,6-7,10-11,16H,4-5,8-9H2,1-2H3. The molecule has 17 heavy (non-hydrogen) atoms. The summed E-state index contributed by atoms with van der Waals surface area (Å²) in [7, 11) is 1.60. The average Bonchev–Trinajstić information content (AvgIpc) is 2.38. The number of nitrogens with one attached hydrogen (secondary N) is 1. The van der Waals surface area contributed by atoms with Gasteiger partial charge in [0.15, 0.2) is 0 Å². The number of rotatable bonds is 3. The molecule has 2 unspecified atom stereocenters. The van der Waals surface area contributed by atoms with Crippen molar-refractivity contribution in [2.24, 2.45) is 0 Å². The minimum absolute atomic E-state index is 0.409. The molecule has 1 aliphatic heterocycles. The molecular formula is C14H20FNO. The van der Waals surface area contributed by atoms with Crippen LogP contribution in [0.15, 0.2) is 18.2 Å². The molecule has 0 amide bonds. The highest BCUT2D eigenvalue weighted by atomic mass is 19.1. The van der Waals surface area contributed by atoms with E-state index in [-0.39, 0.29) is 0 Å². The highest BCUT2D eigenvalue weighted by molar-refractivity contribution is 5.43. The van der Waals surface area contributed by atoms with Crippen molar-refractivity contribution in [3.05, 3.63) is 29.3 Å². The molecular weight excluding hydrogens is 217 g/mol. The Balaban J connectivity index is 2.37. The van der Waals surface area contributed by atoms with Crippen LogP contribution < -0.4 is 10.1 Å². The molecule has 0 radical (unpaired) electrons. The van der Waals surface area contributed by atoms with Crippen LogP contribution in [-0.2, 0) is 0 Å². The lowest BCUT2D eigenvalue weighted by Gasteiger charge is -2.26. The summed E-state index contributed by atoms with van der Waals surface area (Å²) in [5.41, 5.74) is 1.83. The zero-order chi connectivity index (χ0) is 12.3. The number of alkyl halides is 1. The van der Waals surface area contributed by atoms with Gasteiger partial charge in [0.25, 0.3) is 0 Å². The average molecular weight is 237 g/mol. The quantitative estimate of drug-likeness (QED) is 0.871. The third-order valence-corrected chi connectivity index (χ3v) is 3.45. The zero-order valence-corrected chi connectivity index (χ0v) is 10.5. The van der Waals surface area contributed by atoms with E-state index in [1.54, 1.807) is 14.0 Å². The van der Waals surface area contributed by atoms with Gasteiger partial charge >= 0.3 is 0 Å². The summed E-state index contributed by atoms with van der Waals surface area (Å²) in [6, 6.07) is 5.82. The molecule has 1 saturated heterocycles. The van der Waals surface area contributed by atoms with Crippen LogP contribution in [0.25, 0.3) is 0 Å². The van der Waals surface area contributed by atoms with E-state index in [0.29, 0.717) is 11.7 Å². The second-order valence-corrected chi connectivity index (χ2v) is 4.62. The lowest BCUT2D eigenvalue weighted by atomic mass is 9.87. The Hall–Kier alpha value is -1.09. The van der Waals surface area contributed by atoms with Gasteiger partial charge in [-0.15, -0.1) is 0 Å². The Labute approximate surface area is 102 Å². The van der Waals surface area contributed by atoms with E-state index in [2.05, 4.69) is 5.32 Å². The van der Waals surface area contributed by atoms with E-state index in [0.717, 1.165) is 37.1 Å². The van der Waals surface area contributed by atoms with Crippen molar-refractivity contribution in [3.8, 4) is 5.75 Å². The van der Waals surface area contributed by atoms with Crippen molar-refractivity contribution in [3.63, 3.8) is 0 Å². The summed E-state index contributed by atoms with van der Waals surface area (Å²) >= 11 is 0. The highest BCUT2D eigenvalue weighted by Crippen LogP contribution is 2.36. The molecule has 1 heterocycles. The highest BCUT2D eigenvalue weighted by Gasteiger charge is 2.23. The zero-order valence-electron chi connectivity index (χ0n) is 10.5. The predicted molar refractivity (Wildman–Crippen MR) is 67.4 cm³/mol. The summed E-state index contributed by atoms with van der Waals surface area (Å²) < 4.78 is 19.1. The second-order valence-electron chi connectivity index (χ2n) is 4.62. The maximum absolute atomic E-state index is 13.8. The first-order chi connectivity index (χ1) is 8.24. The summed E-state index contributed by atoms with van der Waals surface area (Å²) in [6.07, 6.45) is 1.30. The van der Waals surface area contributed by atoms with Gasteiger partial charge < -0.3 is 10.1 Å². The van der Waals surface area contributed by atoms with Crippen molar-refractivity contribution in [1.82, 2.24) is 5.32 Å². The SMILES string of the molecule is COc1cccc(C2CCCNC2)c1C(C)F. The monoisotopic (exact) mass is 237 g/mol. The van der Waals surface area contributed by atoms with Gasteiger partial charge in [0.1, 0.15) is 11.9 Å². The maximum Gasteiger partial charge on any atom is 0.126 e. The van der Waals surface area contributed by atoms with E-state index in [4.69, 9.17) is 4.74 Å². The van der Waals surface area contributed by atoms with Crippen LogP contribution in [0.1, 0.15) is 43.0 Å². The molecule has 1 aromatic rings. The van der Waals surface area contributed by atoms with Gasteiger partial charge in [-0.1, -0.05) is 12.1 Å². The minimum atomic E-state index is -0.983. The number of piperidine rings is 1. The maximum atomic E-state index is 13.8. The van der Waals surface area contributed by atoms with Crippen LogP contribution in [0.3, 0.4) is 0 Å². The summed E-state index contributed by atoms with van der Waals surface area (Å²) in [5, 5.41) is 3.37. The van der Waals surface area contributed by atoms with Gasteiger partial charge in [-0.05, 0) is 43.9 Å². The van der Waals surface area contributed by atoms with Gasteiger partial charge in [-0.25, -0.2) is 4.39 Å². The van der Waals surface area contributed by atoms with E-state index in [1.165, 1.54) is 0 Å². The second kappa shape index (κ2) is 5.50. The smallest absolute Gasteiger partial charge is 0.126 e. The summed E-state index contributed by atoms with van der Waals surface area (Å²) in [4.78, 5) is 0. The Bertz CT molecular complexity index is 372. The van der Waals surface area contributed by atoms with Crippen LogP contribution >= 0.6 is 0 Å². The lowest BCUT2D eigenvalue weighted by Crippen LogP contribution is -2.29. The van der Waals surface area contributed by atoms with Crippen LogP contribution in [-0.4, -0.2) is 20.2 Å². The molecule has 0 saturated carbocycles. The number of halogens is 1. The first-order valence-electron chi connectivity index (χ1n) is 6.25. The predicted octanol–water partition coefficient (Wildman–Crippen LogP) is 3.19. The van der Waals surface area contributed by atoms with Gasteiger partial charge in [0.05, 0.1) is 7.11 Å². The number of hydrogen-bond donors (Lipinski definition) is 1. The minimum Gasteiger partial charge on any atom is -0.496 e. The van der Waals surface area contributed by atoms with Gasteiger partial charge in [-0.2, -0.15) is 0 Å². The van der Waals surface area contributed by atoms with Crippen molar-refractivity contribution in [1.29, 1.82) is 0 Å². The topological polar surface area (TPSA) is 21.3 Å².